The van der Waals surface area contributed by atoms with Crippen LogP contribution in [0.3, 0.4) is 0 Å². The summed E-state index contributed by atoms with van der Waals surface area (Å²) in [5, 5.41) is 73.4. The molecule has 0 unspecified atom stereocenters. The van der Waals surface area contributed by atoms with Crippen molar-refractivity contribution in [3.63, 3.8) is 0 Å². The van der Waals surface area contributed by atoms with Crippen LogP contribution in [-0.2, 0) is 19.1 Å². The highest BCUT2D eigenvalue weighted by atomic mass is 16.7. The van der Waals surface area contributed by atoms with Gasteiger partial charge in [-0.05, 0) is 85.5 Å². The molecule has 11 nitrogen and oxygen atoms in total. The van der Waals surface area contributed by atoms with Crippen molar-refractivity contribution in [3.05, 3.63) is 23.8 Å². The fourth-order valence-electron chi connectivity index (χ4n) is 10.4. The molecule has 266 valence electrons. The number of hydrogen-bond acceptors (Lipinski definition) is 11. The average molecular weight is 665 g/mol. The third-order valence-corrected chi connectivity index (χ3v) is 14.0. The first-order valence-corrected chi connectivity index (χ1v) is 17.3. The zero-order chi connectivity index (χ0) is 34.9. The van der Waals surface area contributed by atoms with Crippen molar-refractivity contribution >= 4 is 11.8 Å². The van der Waals surface area contributed by atoms with Crippen molar-refractivity contribution in [2.75, 3.05) is 13.2 Å². The number of fused-ring (bicyclic) bond motifs is 5. The molecule has 0 aromatic rings. The summed E-state index contributed by atoms with van der Waals surface area (Å²) in [6.45, 7) is 11.0. The van der Waals surface area contributed by atoms with Gasteiger partial charge in [0.05, 0.1) is 30.8 Å². The molecule has 0 bridgehead atoms. The lowest BCUT2D eigenvalue weighted by molar-refractivity contribution is -0.295. The first-order valence-electron chi connectivity index (χ1n) is 17.3. The monoisotopic (exact) mass is 664 g/mol. The van der Waals surface area contributed by atoms with E-state index in [4.69, 9.17) is 9.47 Å². The summed E-state index contributed by atoms with van der Waals surface area (Å²) in [7, 11) is 0. The maximum absolute atomic E-state index is 14.2. The van der Waals surface area contributed by atoms with Crippen molar-refractivity contribution in [1.82, 2.24) is 0 Å². The molecule has 15 atom stereocenters. The molecule has 1 aliphatic heterocycles. The molecular weight excluding hydrogens is 608 g/mol. The molecular formula is C36H56O11. The summed E-state index contributed by atoms with van der Waals surface area (Å²) in [5.74, 6) is -0.962. The summed E-state index contributed by atoms with van der Waals surface area (Å²) in [6, 6.07) is 0. The van der Waals surface area contributed by atoms with Gasteiger partial charge in [0.25, 0.3) is 0 Å². The van der Waals surface area contributed by atoms with Crippen LogP contribution in [0.4, 0.5) is 0 Å². The molecule has 4 aliphatic carbocycles. The van der Waals surface area contributed by atoms with Crippen LogP contribution in [0, 0.1) is 44.8 Å². The van der Waals surface area contributed by atoms with Gasteiger partial charge in [0, 0.05) is 11.3 Å². The van der Waals surface area contributed by atoms with Crippen LogP contribution in [0.1, 0.15) is 86.5 Å². The Balaban J connectivity index is 1.53. The number of aliphatic hydroxyl groups excluding tert-OH is 7. The van der Waals surface area contributed by atoms with Crippen LogP contribution >= 0.6 is 0 Å². The zero-order valence-corrected chi connectivity index (χ0v) is 28.6. The standard InChI is InChI=1S/C36H56O11/c1-19(20(2)39)9-12-36(31(45)47-30-28(43)27(42)26(41)23(17-37)46-30)14-13-34(5)21(15-36)7-8-25-32(3)16-22(40)29(44)33(4,18-38)24(32)10-11-35(25,34)6/h7-8,15,19,22-30,37-38,40-44H,9-14,16-18H2,1-6H3/t19-,22+,23+,24-,25+,26+,27-,28+,29-,30-,32-,33-,34+,35+,36-/m0/s1. The molecule has 1 saturated heterocycles. The molecule has 5 aliphatic rings. The number of ether oxygens (including phenoxy) is 2. The lowest BCUT2D eigenvalue weighted by Crippen LogP contribution is -2.67. The molecule has 0 aromatic heterocycles. The predicted octanol–water partition coefficient (Wildman–Crippen LogP) is 1.78. The van der Waals surface area contributed by atoms with Crippen LogP contribution in [-0.4, -0.2) is 104 Å². The molecule has 0 aromatic carbocycles. The lowest BCUT2D eigenvalue weighted by atomic mass is 9.36. The Labute approximate surface area is 277 Å². The summed E-state index contributed by atoms with van der Waals surface area (Å²) in [5.41, 5.74) is -2.11. The van der Waals surface area contributed by atoms with Crippen LogP contribution in [0.25, 0.3) is 0 Å². The number of allylic oxidation sites excluding steroid dienone is 3. The SMILES string of the molecule is CC(=O)[C@@H](C)CC[C@@]1(C(=O)O[C@@H]2O[C@H](CO)[C@@H](O)[C@H](O)[C@H]2O)C=C2C=C[C@@H]3[C@@]4(C)C[C@@H](O)[C@H](O)[C@@](C)(CO)[C@H]4CC[C@@]3(C)[C@]2(C)CC1. The normalized spacial score (nSPS) is 50.0. The van der Waals surface area contributed by atoms with Crippen LogP contribution in [0.15, 0.2) is 23.8 Å². The Morgan fingerprint density at radius 1 is 1.00 bits per heavy atom. The van der Waals surface area contributed by atoms with E-state index in [0.717, 1.165) is 18.4 Å². The summed E-state index contributed by atoms with van der Waals surface area (Å²) >= 11 is 0. The molecule has 3 fully saturated rings. The lowest BCUT2D eigenvalue weighted by Gasteiger charge is -2.69. The topological polar surface area (TPSA) is 194 Å². The third-order valence-electron chi connectivity index (χ3n) is 14.0. The van der Waals surface area contributed by atoms with Crippen molar-refractivity contribution in [2.45, 2.75) is 129 Å². The van der Waals surface area contributed by atoms with E-state index in [9.17, 15) is 45.3 Å². The van der Waals surface area contributed by atoms with E-state index in [1.807, 2.05) is 19.9 Å². The molecule has 47 heavy (non-hydrogen) atoms. The second kappa shape index (κ2) is 12.6. The summed E-state index contributed by atoms with van der Waals surface area (Å²) in [6.07, 6.45) is 0.0829. The molecule has 11 heteroatoms. The largest absolute Gasteiger partial charge is 0.432 e. The quantitative estimate of drug-likeness (QED) is 0.187. The molecule has 0 spiro atoms. The number of Topliss-reactive ketones (excluding diaryl/α,β-unsaturated/α-hetero) is 1. The van der Waals surface area contributed by atoms with Gasteiger partial charge in [0.2, 0.25) is 6.29 Å². The van der Waals surface area contributed by atoms with E-state index in [0.29, 0.717) is 32.1 Å². The van der Waals surface area contributed by atoms with E-state index < -0.39 is 71.7 Å². The number of carbonyl (C=O) groups is 2. The van der Waals surface area contributed by atoms with E-state index in [1.165, 1.54) is 6.92 Å². The van der Waals surface area contributed by atoms with Crippen molar-refractivity contribution < 1.29 is 54.8 Å². The van der Waals surface area contributed by atoms with Gasteiger partial charge in [-0.2, -0.15) is 0 Å². The Morgan fingerprint density at radius 2 is 1.68 bits per heavy atom. The molecule has 7 N–H and O–H groups in total. The maximum atomic E-state index is 14.2. The van der Waals surface area contributed by atoms with Crippen molar-refractivity contribution in [2.24, 2.45) is 44.8 Å². The van der Waals surface area contributed by atoms with Gasteiger partial charge >= 0.3 is 5.97 Å². The number of rotatable bonds is 8. The number of esters is 1. The van der Waals surface area contributed by atoms with Gasteiger partial charge in [-0.15, -0.1) is 0 Å². The minimum Gasteiger partial charge on any atom is -0.432 e. The number of ketones is 1. The van der Waals surface area contributed by atoms with Crippen molar-refractivity contribution in [3.8, 4) is 0 Å². The first-order chi connectivity index (χ1) is 21.8. The average Bonchev–Trinajstić information content (AvgIpc) is 3.02. The van der Waals surface area contributed by atoms with Crippen LogP contribution in [0.2, 0.25) is 0 Å². The maximum Gasteiger partial charge on any atom is 0.318 e. The molecule has 0 amide bonds. The van der Waals surface area contributed by atoms with Crippen molar-refractivity contribution in [1.29, 1.82) is 0 Å². The molecule has 5 rings (SSSR count). The first kappa shape index (κ1) is 36.6. The Hall–Kier alpha value is -1.70. The number of aliphatic hydroxyl groups is 7. The van der Waals surface area contributed by atoms with E-state index >= 15 is 0 Å². The molecule has 2 saturated carbocycles. The summed E-state index contributed by atoms with van der Waals surface area (Å²) in [4.78, 5) is 26.4. The number of carbonyl (C=O) groups excluding carboxylic acids is 2. The Bertz CT molecular complexity index is 1280. The second-order valence-corrected chi connectivity index (χ2v) is 16.5. The van der Waals surface area contributed by atoms with E-state index in [2.05, 4.69) is 32.9 Å². The fraction of sp³-hybridized carbons (Fsp3) is 0.833. The minimum absolute atomic E-state index is 0.00309. The molecule has 1 heterocycles. The van der Waals surface area contributed by atoms with Crippen LogP contribution in [0.5, 0.6) is 0 Å². The van der Waals surface area contributed by atoms with Gasteiger partial charge < -0.3 is 45.2 Å². The Morgan fingerprint density at radius 3 is 2.30 bits per heavy atom. The highest BCUT2D eigenvalue weighted by Crippen LogP contribution is 2.72. The molecule has 0 radical (unpaired) electrons. The second-order valence-electron chi connectivity index (χ2n) is 16.5. The van der Waals surface area contributed by atoms with Gasteiger partial charge in [-0.3, -0.25) is 9.59 Å². The van der Waals surface area contributed by atoms with Gasteiger partial charge in [0.15, 0.2) is 0 Å². The smallest absolute Gasteiger partial charge is 0.318 e. The van der Waals surface area contributed by atoms with E-state index in [-0.39, 0.29) is 41.0 Å². The van der Waals surface area contributed by atoms with Gasteiger partial charge in [0.1, 0.15) is 30.2 Å². The van der Waals surface area contributed by atoms with E-state index in [1.54, 1.807) is 0 Å². The fourth-order valence-corrected chi connectivity index (χ4v) is 10.4. The third kappa shape index (κ3) is 5.48. The van der Waals surface area contributed by atoms with Gasteiger partial charge in [-0.25, -0.2) is 0 Å². The summed E-state index contributed by atoms with van der Waals surface area (Å²) < 4.78 is 11.3. The van der Waals surface area contributed by atoms with Gasteiger partial charge in [-0.1, -0.05) is 52.8 Å². The predicted molar refractivity (Wildman–Crippen MR) is 170 cm³/mol. The minimum atomic E-state index is -1.73. The highest BCUT2D eigenvalue weighted by Gasteiger charge is 2.68. The highest BCUT2D eigenvalue weighted by molar-refractivity contribution is 5.81. The zero-order valence-electron chi connectivity index (χ0n) is 28.6. The van der Waals surface area contributed by atoms with Crippen LogP contribution < -0.4 is 0 Å². The number of hydrogen-bond donors (Lipinski definition) is 7. The Kier molecular flexibility index (Phi) is 9.78.